The smallest absolute Gasteiger partial charge is 0.149 e. The van der Waals surface area contributed by atoms with Gasteiger partial charge in [-0.15, -0.1) is 24.8 Å². The molecule has 1 aliphatic rings. The first kappa shape index (κ1) is 15.4. The maximum atomic E-state index is 13.3. The summed E-state index contributed by atoms with van der Waals surface area (Å²) in [5.74, 6) is -1.01. The van der Waals surface area contributed by atoms with Crippen LogP contribution in [0.4, 0.5) is 14.5 Å². The largest absolute Gasteiger partial charge is 0.367 e. The van der Waals surface area contributed by atoms with Crippen molar-refractivity contribution in [1.82, 2.24) is 5.32 Å². The van der Waals surface area contributed by atoms with Crippen LogP contribution in [0.15, 0.2) is 18.2 Å². The summed E-state index contributed by atoms with van der Waals surface area (Å²) in [6.07, 6.45) is 0. The summed E-state index contributed by atoms with van der Waals surface area (Å²) in [7, 11) is 0. The quantitative estimate of drug-likeness (QED) is 0.842. The van der Waals surface area contributed by atoms with Crippen molar-refractivity contribution in [3.63, 3.8) is 0 Å². The van der Waals surface area contributed by atoms with Gasteiger partial charge in [-0.3, -0.25) is 0 Å². The highest BCUT2D eigenvalue weighted by Crippen LogP contribution is 2.20. The lowest BCUT2D eigenvalue weighted by atomic mass is 10.2. The van der Waals surface area contributed by atoms with Crippen molar-refractivity contribution in [2.45, 2.75) is 0 Å². The van der Waals surface area contributed by atoms with Crippen LogP contribution in [-0.2, 0) is 0 Å². The van der Waals surface area contributed by atoms with Crippen molar-refractivity contribution < 1.29 is 8.78 Å². The van der Waals surface area contributed by atoms with E-state index in [1.807, 2.05) is 4.90 Å². The third-order valence-electron chi connectivity index (χ3n) is 2.37. The normalized spacial score (nSPS) is 15.0. The Kier molecular flexibility index (Phi) is 6.64. The van der Waals surface area contributed by atoms with Gasteiger partial charge in [0, 0.05) is 32.2 Å². The van der Waals surface area contributed by atoms with Crippen molar-refractivity contribution in [2.75, 3.05) is 31.1 Å². The number of piperazine rings is 1. The standard InChI is InChI=1S/C10H12F2N2.2ClH/c11-8-1-2-10(9(12)7-8)14-5-3-13-4-6-14;;/h1-2,7,13H,3-6H2;2*1H. The Labute approximate surface area is 106 Å². The van der Waals surface area contributed by atoms with Gasteiger partial charge in [-0.2, -0.15) is 0 Å². The van der Waals surface area contributed by atoms with E-state index in [2.05, 4.69) is 5.32 Å². The van der Waals surface area contributed by atoms with Gasteiger partial charge in [0.15, 0.2) is 0 Å². The molecule has 0 aromatic heterocycles. The lowest BCUT2D eigenvalue weighted by Gasteiger charge is -2.29. The van der Waals surface area contributed by atoms with Crippen molar-refractivity contribution >= 4 is 30.5 Å². The molecule has 0 aliphatic carbocycles. The molecular weight excluding hydrogens is 257 g/mol. The molecule has 2 nitrogen and oxygen atoms in total. The summed E-state index contributed by atoms with van der Waals surface area (Å²) in [4.78, 5) is 1.92. The molecule has 0 bridgehead atoms. The number of benzene rings is 1. The maximum absolute atomic E-state index is 13.3. The van der Waals surface area contributed by atoms with Crippen LogP contribution in [0.25, 0.3) is 0 Å². The molecular formula is C10H14Cl2F2N2. The molecule has 16 heavy (non-hydrogen) atoms. The maximum Gasteiger partial charge on any atom is 0.149 e. The molecule has 1 fully saturated rings. The van der Waals surface area contributed by atoms with Crippen molar-refractivity contribution in [3.05, 3.63) is 29.8 Å². The van der Waals surface area contributed by atoms with Crippen LogP contribution in [0.1, 0.15) is 0 Å². The minimum Gasteiger partial charge on any atom is -0.367 e. The fourth-order valence-electron chi connectivity index (χ4n) is 1.64. The zero-order chi connectivity index (χ0) is 9.97. The monoisotopic (exact) mass is 270 g/mol. The van der Waals surface area contributed by atoms with E-state index in [0.717, 1.165) is 32.2 Å². The molecule has 0 saturated carbocycles. The van der Waals surface area contributed by atoms with Gasteiger partial charge in [-0.05, 0) is 12.1 Å². The SMILES string of the molecule is Cl.Cl.Fc1ccc(N2CCNCC2)c(F)c1. The Bertz CT molecular complexity index is 331. The molecule has 92 valence electrons. The van der Waals surface area contributed by atoms with Gasteiger partial charge in [0.05, 0.1) is 5.69 Å². The number of rotatable bonds is 1. The van der Waals surface area contributed by atoms with Crippen molar-refractivity contribution in [1.29, 1.82) is 0 Å². The Morgan fingerprint density at radius 1 is 1.06 bits per heavy atom. The number of nitrogens with one attached hydrogen (secondary N) is 1. The fourth-order valence-corrected chi connectivity index (χ4v) is 1.64. The number of nitrogens with zero attached hydrogens (tertiary/aromatic N) is 1. The molecule has 0 unspecified atom stereocenters. The molecule has 2 rings (SSSR count). The van der Waals surface area contributed by atoms with E-state index in [4.69, 9.17) is 0 Å². The molecule has 1 saturated heterocycles. The van der Waals surface area contributed by atoms with Crippen molar-refractivity contribution in [2.24, 2.45) is 0 Å². The van der Waals surface area contributed by atoms with E-state index in [-0.39, 0.29) is 24.8 Å². The van der Waals surface area contributed by atoms with Crippen molar-refractivity contribution in [3.8, 4) is 0 Å². The Morgan fingerprint density at radius 2 is 1.69 bits per heavy atom. The Morgan fingerprint density at radius 3 is 2.25 bits per heavy atom. The zero-order valence-corrected chi connectivity index (χ0v) is 10.2. The third kappa shape index (κ3) is 3.47. The van der Waals surface area contributed by atoms with Gasteiger partial charge in [-0.1, -0.05) is 0 Å². The molecule has 1 aliphatic heterocycles. The van der Waals surface area contributed by atoms with Gasteiger partial charge in [0.25, 0.3) is 0 Å². The van der Waals surface area contributed by atoms with Gasteiger partial charge < -0.3 is 10.2 Å². The van der Waals surface area contributed by atoms with Crippen LogP contribution < -0.4 is 10.2 Å². The van der Waals surface area contributed by atoms with E-state index in [1.54, 1.807) is 0 Å². The zero-order valence-electron chi connectivity index (χ0n) is 8.58. The first-order valence-electron chi connectivity index (χ1n) is 4.68. The molecule has 0 radical (unpaired) electrons. The van der Waals surface area contributed by atoms with Crippen LogP contribution in [-0.4, -0.2) is 26.2 Å². The summed E-state index contributed by atoms with van der Waals surface area (Å²) in [5, 5.41) is 3.18. The summed E-state index contributed by atoms with van der Waals surface area (Å²) >= 11 is 0. The average molecular weight is 271 g/mol. The summed E-state index contributed by atoms with van der Waals surface area (Å²) in [6, 6.07) is 3.72. The minimum absolute atomic E-state index is 0. The molecule has 6 heteroatoms. The molecule has 0 atom stereocenters. The number of hydrogen-bond acceptors (Lipinski definition) is 2. The van der Waals surface area contributed by atoms with Gasteiger partial charge in [0.1, 0.15) is 11.6 Å². The second kappa shape index (κ2) is 6.89. The Hall–Kier alpha value is -0.580. The first-order valence-corrected chi connectivity index (χ1v) is 4.68. The predicted molar refractivity (Wildman–Crippen MR) is 65.9 cm³/mol. The van der Waals surface area contributed by atoms with Gasteiger partial charge >= 0.3 is 0 Å². The van der Waals surface area contributed by atoms with Crippen LogP contribution in [0.2, 0.25) is 0 Å². The van der Waals surface area contributed by atoms with Crippen LogP contribution >= 0.6 is 24.8 Å². The van der Waals surface area contributed by atoms with Gasteiger partial charge in [-0.25, -0.2) is 8.78 Å². The summed E-state index contributed by atoms with van der Waals surface area (Å²) in [5.41, 5.74) is 0.493. The van der Waals surface area contributed by atoms with E-state index in [0.29, 0.717) is 5.69 Å². The summed E-state index contributed by atoms with van der Waals surface area (Å²) < 4.78 is 26.0. The molecule has 0 amide bonds. The van der Waals surface area contributed by atoms with Gasteiger partial charge in [0.2, 0.25) is 0 Å². The van der Waals surface area contributed by atoms with Crippen LogP contribution in [0.5, 0.6) is 0 Å². The highest BCUT2D eigenvalue weighted by atomic mass is 35.5. The fraction of sp³-hybridized carbons (Fsp3) is 0.400. The second-order valence-corrected chi connectivity index (χ2v) is 3.33. The van der Waals surface area contributed by atoms with E-state index >= 15 is 0 Å². The average Bonchev–Trinajstić information content (AvgIpc) is 2.19. The number of hydrogen-bond donors (Lipinski definition) is 1. The molecule has 1 N–H and O–H groups in total. The Balaban J connectivity index is 0.00000112. The molecule has 1 aromatic carbocycles. The van der Waals surface area contributed by atoms with Crippen LogP contribution in [0.3, 0.4) is 0 Å². The predicted octanol–water partition coefficient (Wildman–Crippen LogP) is 2.22. The van der Waals surface area contributed by atoms with E-state index < -0.39 is 11.6 Å². The molecule has 0 spiro atoms. The first-order chi connectivity index (χ1) is 6.77. The molecule has 1 aromatic rings. The van der Waals surface area contributed by atoms with E-state index in [1.165, 1.54) is 12.1 Å². The lowest BCUT2D eigenvalue weighted by Crippen LogP contribution is -2.43. The minimum atomic E-state index is -0.526. The lowest BCUT2D eigenvalue weighted by molar-refractivity contribution is 0.554. The number of halogens is 4. The second-order valence-electron chi connectivity index (χ2n) is 3.33. The van der Waals surface area contributed by atoms with Crippen LogP contribution in [0, 0.1) is 11.6 Å². The van der Waals surface area contributed by atoms with E-state index in [9.17, 15) is 8.78 Å². The third-order valence-corrected chi connectivity index (χ3v) is 2.37. The summed E-state index contributed by atoms with van der Waals surface area (Å²) in [6.45, 7) is 3.22. The highest BCUT2D eigenvalue weighted by Gasteiger charge is 2.14. The highest BCUT2D eigenvalue weighted by molar-refractivity contribution is 5.85. The topological polar surface area (TPSA) is 15.3 Å². The molecule has 1 heterocycles. The number of anilines is 1.